The Bertz CT molecular complexity index is 3210. The maximum absolute atomic E-state index is 2.60. The van der Waals surface area contributed by atoms with Gasteiger partial charge < -0.3 is 9.47 Å². The Kier molecular flexibility index (Phi) is 6.31. The maximum Gasteiger partial charge on any atom is 0.252 e. The minimum absolute atomic E-state index is 0.0465. The van der Waals surface area contributed by atoms with Crippen molar-refractivity contribution in [3.8, 4) is 27.9 Å². The number of fused-ring (bicyclic) bond motifs is 10. The van der Waals surface area contributed by atoms with Crippen LogP contribution in [0, 0.1) is 13.8 Å². The van der Waals surface area contributed by atoms with Crippen molar-refractivity contribution in [1.82, 2.24) is 4.57 Å². The smallest absolute Gasteiger partial charge is 0.252 e. The summed E-state index contributed by atoms with van der Waals surface area (Å²) in [6, 6.07) is 65.7. The van der Waals surface area contributed by atoms with Gasteiger partial charge in [-0.15, -0.1) is 0 Å². The third-order valence-electron chi connectivity index (χ3n) is 12.3. The van der Waals surface area contributed by atoms with E-state index in [9.17, 15) is 0 Å². The fraction of sp³-hybridized carbons (Fsp3) is 0.0385. The van der Waals surface area contributed by atoms with Crippen molar-refractivity contribution in [2.45, 2.75) is 13.8 Å². The lowest BCUT2D eigenvalue weighted by atomic mass is 9.33. The summed E-state index contributed by atoms with van der Waals surface area (Å²) >= 11 is 0. The van der Waals surface area contributed by atoms with Gasteiger partial charge in [0.25, 0.3) is 6.71 Å². The van der Waals surface area contributed by atoms with E-state index in [2.05, 4.69) is 199 Å². The normalized spacial score (nSPS) is 12.8. The average Bonchev–Trinajstić information content (AvgIpc) is 3.58. The number of rotatable bonds is 3. The second-order valence-corrected chi connectivity index (χ2v) is 15.4. The molecule has 0 amide bonds. The van der Waals surface area contributed by atoms with Crippen molar-refractivity contribution in [3.05, 3.63) is 187 Å². The standard InChI is InChI=1S/C52H35BN2/c1-32-25-38(34-15-5-3-6-16-34)26-33(2)49(32)39-30-47-51-48(31-39)55-45-24-14-13-23-42(45)50-41-22-12-11-19-37(41)28-44(52(50)55)53(51)43-27-35-17-9-10-18-36(35)29-46(43)54(47)40-20-7-4-8-21-40/h3-31H,1-2H3. The second kappa shape index (κ2) is 11.3. The molecule has 2 aliphatic rings. The number of hydrogen-bond acceptors (Lipinski definition) is 1. The Morgan fingerprint density at radius 2 is 1.04 bits per heavy atom. The summed E-state index contributed by atoms with van der Waals surface area (Å²) in [5.74, 6) is 0. The minimum atomic E-state index is 0.0465. The van der Waals surface area contributed by atoms with Gasteiger partial charge >= 0.3 is 0 Å². The molecule has 3 heterocycles. The Balaban J connectivity index is 1.26. The van der Waals surface area contributed by atoms with Crippen LogP contribution in [0.4, 0.5) is 17.1 Å². The van der Waals surface area contributed by atoms with Gasteiger partial charge in [-0.05, 0) is 122 Å². The summed E-state index contributed by atoms with van der Waals surface area (Å²) < 4.78 is 2.60. The van der Waals surface area contributed by atoms with Crippen molar-refractivity contribution < 1.29 is 0 Å². The van der Waals surface area contributed by atoms with Crippen LogP contribution >= 0.6 is 0 Å². The van der Waals surface area contributed by atoms with E-state index in [-0.39, 0.29) is 6.71 Å². The predicted octanol–water partition coefficient (Wildman–Crippen LogP) is 11.7. The maximum atomic E-state index is 2.60. The number of aromatic nitrogens is 1. The van der Waals surface area contributed by atoms with Gasteiger partial charge in [0, 0.05) is 33.5 Å². The average molecular weight is 699 g/mol. The zero-order chi connectivity index (χ0) is 36.4. The molecular weight excluding hydrogens is 663 g/mol. The van der Waals surface area contributed by atoms with E-state index in [1.54, 1.807) is 0 Å². The predicted molar refractivity (Wildman–Crippen MR) is 235 cm³/mol. The molecule has 2 aliphatic heterocycles. The topological polar surface area (TPSA) is 8.17 Å². The summed E-state index contributed by atoms with van der Waals surface area (Å²) in [7, 11) is 0. The Labute approximate surface area is 320 Å². The Hall–Kier alpha value is -6.84. The molecule has 3 heteroatoms. The first-order valence-electron chi connectivity index (χ1n) is 19.3. The minimum Gasteiger partial charge on any atom is -0.311 e. The molecule has 0 saturated carbocycles. The van der Waals surface area contributed by atoms with Crippen LogP contribution in [0.15, 0.2) is 176 Å². The zero-order valence-corrected chi connectivity index (χ0v) is 30.7. The van der Waals surface area contributed by atoms with E-state index >= 15 is 0 Å². The molecule has 0 radical (unpaired) electrons. The molecule has 0 unspecified atom stereocenters. The first-order valence-corrected chi connectivity index (χ1v) is 19.3. The fourth-order valence-corrected chi connectivity index (χ4v) is 10.1. The van der Waals surface area contributed by atoms with E-state index < -0.39 is 0 Å². The van der Waals surface area contributed by atoms with Gasteiger partial charge in [0.1, 0.15) is 0 Å². The Morgan fingerprint density at radius 3 is 1.80 bits per heavy atom. The summed E-state index contributed by atoms with van der Waals surface area (Å²) in [5.41, 5.74) is 19.1. The number of benzene rings is 9. The fourth-order valence-electron chi connectivity index (χ4n) is 10.1. The Morgan fingerprint density at radius 1 is 0.436 bits per heavy atom. The molecule has 0 fully saturated rings. The van der Waals surface area contributed by atoms with Crippen LogP contribution in [-0.2, 0) is 0 Å². The summed E-state index contributed by atoms with van der Waals surface area (Å²) in [4.78, 5) is 2.54. The van der Waals surface area contributed by atoms with Crippen LogP contribution in [0.3, 0.4) is 0 Å². The molecule has 0 spiro atoms. The molecule has 256 valence electrons. The van der Waals surface area contributed by atoms with Crippen molar-refractivity contribution in [2.75, 3.05) is 4.90 Å². The molecule has 12 rings (SSSR count). The third-order valence-corrected chi connectivity index (χ3v) is 12.3. The van der Waals surface area contributed by atoms with Gasteiger partial charge in [-0.1, -0.05) is 140 Å². The van der Waals surface area contributed by atoms with Crippen molar-refractivity contribution in [2.24, 2.45) is 0 Å². The second-order valence-electron chi connectivity index (χ2n) is 15.4. The van der Waals surface area contributed by atoms with Crippen LogP contribution in [0.2, 0.25) is 0 Å². The van der Waals surface area contributed by atoms with Crippen LogP contribution in [0.1, 0.15) is 11.1 Å². The summed E-state index contributed by atoms with van der Waals surface area (Å²) in [6.07, 6.45) is 0. The van der Waals surface area contributed by atoms with Crippen molar-refractivity contribution >= 4 is 83.5 Å². The SMILES string of the molecule is Cc1cc(-c2ccccc2)cc(C)c1-c1cc2c3c(c1)-n1c4ccccc4c4c5ccccc5cc(c41)B3c1cc3ccccc3cc1N2c1ccccc1. The first kappa shape index (κ1) is 30.6. The van der Waals surface area contributed by atoms with Crippen LogP contribution in [0.5, 0.6) is 0 Å². The van der Waals surface area contributed by atoms with Gasteiger partial charge in [-0.2, -0.15) is 0 Å². The molecule has 0 bridgehead atoms. The molecule has 2 nitrogen and oxygen atoms in total. The van der Waals surface area contributed by atoms with Gasteiger partial charge in [0.15, 0.2) is 0 Å². The molecule has 0 atom stereocenters. The number of aryl methyl sites for hydroxylation is 2. The summed E-state index contributed by atoms with van der Waals surface area (Å²) in [6.45, 7) is 4.61. The molecule has 10 aromatic rings. The summed E-state index contributed by atoms with van der Waals surface area (Å²) in [5, 5.41) is 7.75. The molecule has 0 saturated heterocycles. The highest BCUT2D eigenvalue weighted by Gasteiger charge is 2.43. The van der Waals surface area contributed by atoms with Crippen LogP contribution < -0.4 is 21.3 Å². The molecule has 9 aromatic carbocycles. The van der Waals surface area contributed by atoms with Crippen molar-refractivity contribution in [1.29, 1.82) is 0 Å². The van der Waals surface area contributed by atoms with Crippen LogP contribution in [0.25, 0.3) is 71.3 Å². The molecular formula is C52H35BN2. The van der Waals surface area contributed by atoms with E-state index in [0.29, 0.717) is 0 Å². The molecule has 0 N–H and O–H groups in total. The highest BCUT2D eigenvalue weighted by Crippen LogP contribution is 2.46. The largest absolute Gasteiger partial charge is 0.311 e. The lowest BCUT2D eigenvalue weighted by molar-refractivity contribution is 1.18. The lowest BCUT2D eigenvalue weighted by Gasteiger charge is -2.41. The monoisotopic (exact) mass is 698 g/mol. The molecule has 55 heavy (non-hydrogen) atoms. The highest BCUT2D eigenvalue weighted by molar-refractivity contribution is 7.00. The van der Waals surface area contributed by atoms with Gasteiger partial charge in [-0.3, -0.25) is 0 Å². The lowest BCUT2D eigenvalue weighted by Crippen LogP contribution is -2.60. The van der Waals surface area contributed by atoms with E-state index in [0.717, 1.165) is 5.69 Å². The number of nitrogens with zero attached hydrogens (tertiary/aromatic N) is 2. The zero-order valence-electron chi connectivity index (χ0n) is 30.7. The first-order chi connectivity index (χ1) is 27.1. The van der Waals surface area contributed by atoms with Gasteiger partial charge in [0.05, 0.1) is 11.0 Å². The molecule has 0 aliphatic carbocycles. The van der Waals surface area contributed by atoms with Crippen LogP contribution in [-0.4, -0.2) is 11.3 Å². The van der Waals surface area contributed by atoms with E-state index in [1.807, 2.05) is 0 Å². The van der Waals surface area contributed by atoms with E-state index in [4.69, 9.17) is 0 Å². The number of hydrogen-bond donors (Lipinski definition) is 0. The van der Waals surface area contributed by atoms with Gasteiger partial charge in [0.2, 0.25) is 0 Å². The highest BCUT2D eigenvalue weighted by atomic mass is 15.2. The van der Waals surface area contributed by atoms with E-state index in [1.165, 1.54) is 110 Å². The number of para-hydroxylation sites is 2. The molecule has 1 aromatic heterocycles. The third kappa shape index (κ3) is 4.27. The van der Waals surface area contributed by atoms with Crippen molar-refractivity contribution in [3.63, 3.8) is 0 Å². The van der Waals surface area contributed by atoms with Gasteiger partial charge in [-0.25, -0.2) is 0 Å². The quantitative estimate of drug-likeness (QED) is 0.167. The number of anilines is 3.